The SMILES string of the molecule is Cn1nccc1N1CC(CNC(=O)Cc2ccccc2Br)OC1=O. The first kappa shape index (κ1) is 16.5. The number of rotatable bonds is 5. The van der Waals surface area contributed by atoms with E-state index in [1.54, 1.807) is 24.0 Å². The molecule has 24 heavy (non-hydrogen) atoms. The number of ether oxygens (including phenoxy) is 1. The van der Waals surface area contributed by atoms with Gasteiger partial charge in [0.05, 0.1) is 25.7 Å². The Hall–Kier alpha value is -2.35. The van der Waals surface area contributed by atoms with E-state index in [4.69, 9.17) is 4.74 Å². The minimum Gasteiger partial charge on any atom is -0.442 e. The summed E-state index contributed by atoms with van der Waals surface area (Å²) in [6, 6.07) is 9.32. The van der Waals surface area contributed by atoms with E-state index >= 15 is 0 Å². The van der Waals surface area contributed by atoms with E-state index in [9.17, 15) is 9.59 Å². The first-order valence-electron chi connectivity index (χ1n) is 7.51. The zero-order valence-corrected chi connectivity index (χ0v) is 14.7. The van der Waals surface area contributed by atoms with Crippen LogP contribution in [0.4, 0.5) is 10.6 Å². The van der Waals surface area contributed by atoms with Gasteiger partial charge < -0.3 is 10.1 Å². The second-order valence-corrected chi connectivity index (χ2v) is 6.36. The van der Waals surface area contributed by atoms with E-state index in [2.05, 4.69) is 26.3 Å². The molecule has 1 aromatic carbocycles. The molecule has 1 aromatic heterocycles. The third kappa shape index (κ3) is 3.59. The number of nitrogens with zero attached hydrogens (tertiary/aromatic N) is 3. The van der Waals surface area contributed by atoms with Crippen molar-refractivity contribution in [2.75, 3.05) is 18.0 Å². The molecule has 1 aliphatic heterocycles. The second-order valence-electron chi connectivity index (χ2n) is 5.50. The van der Waals surface area contributed by atoms with Crippen LogP contribution in [0, 0.1) is 0 Å². The fraction of sp³-hybridized carbons (Fsp3) is 0.312. The van der Waals surface area contributed by atoms with Gasteiger partial charge in [-0.25, -0.2) is 4.79 Å². The molecule has 1 fully saturated rings. The minimum atomic E-state index is -0.427. The Kier molecular flexibility index (Phi) is 4.84. The van der Waals surface area contributed by atoms with Gasteiger partial charge in [-0.05, 0) is 11.6 Å². The number of halogens is 1. The summed E-state index contributed by atoms with van der Waals surface area (Å²) in [4.78, 5) is 25.5. The maximum Gasteiger partial charge on any atom is 0.416 e. The number of hydrogen-bond donors (Lipinski definition) is 1. The molecule has 0 saturated carbocycles. The Labute approximate surface area is 147 Å². The van der Waals surface area contributed by atoms with Gasteiger partial charge in [0, 0.05) is 17.6 Å². The molecule has 0 spiro atoms. The molecular weight excluding hydrogens is 376 g/mol. The number of amides is 2. The molecule has 3 rings (SSSR count). The van der Waals surface area contributed by atoms with Crippen molar-refractivity contribution < 1.29 is 14.3 Å². The molecular formula is C16H17BrN4O3. The van der Waals surface area contributed by atoms with E-state index < -0.39 is 6.09 Å². The van der Waals surface area contributed by atoms with Crippen LogP contribution in [0.1, 0.15) is 5.56 Å². The number of carbonyl (C=O) groups excluding carboxylic acids is 2. The number of nitrogens with one attached hydrogen (secondary N) is 1. The van der Waals surface area contributed by atoms with Crippen molar-refractivity contribution >= 4 is 33.7 Å². The zero-order valence-electron chi connectivity index (χ0n) is 13.1. The molecule has 2 aromatic rings. The minimum absolute atomic E-state index is 0.114. The summed E-state index contributed by atoms with van der Waals surface area (Å²) in [5.74, 6) is 0.555. The van der Waals surface area contributed by atoms with Crippen LogP contribution >= 0.6 is 15.9 Å². The molecule has 0 aliphatic carbocycles. The van der Waals surface area contributed by atoms with Crippen LogP contribution in [0.2, 0.25) is 0 Å². The lowest BCUT2D eigenvalue weighted by Crippen LogP contribution is -2.35. The van der Waals surface area contributed by atoms with Crippen LogP contribution < -0.4 is 10.2 Å². The van der Waals surface area contributed by atoms with Crippen molar-refractivity contribution in [3.05, 3.63) is 46.6 Å². The normalized spacial score (nSPS) is 17.0. The average Bonchev–Trinajstić information content (AvgIpc) is 3.13. The number of hydrogen-bond acceptors (Lipinski definition) is 4. The summed E-state index contributed by atoms with van der Waals surface area (Å²) in [5, 5.41) is 6.86. The highest BCUT2D eigenvalue weighted by atomic mass is 79.9. The third-order valence-electron chi connectivity index (χ3n) is 3.78. The Morgan fingerprint density at radius 2 is 2.21 bits per heavy atom. The Morgan fingerprint density at radius 3 is 2.92 bits per heavy atom. The molecule has 0 bridgehead atoms. The van der Waals surface area contributed by atoms with Gasteiger partial charge in [0.15, 0.2) is 0 Å². The average molecular weight is 393 g/mol. The van der Waals surface area contributed by atoms with Gasteiger partial charge in [0.25, 0.3) is 0 Å². The number of anilines is 1. The maximum absolute atomic E-state index is 12.1. The molecule has 1 atom stereocenters. The lowest BCUT2D eigenvalue weighted by Gasteiger charge is -2.13. The Bertz CT molecular complexity index is 761. The Balaban J connectivity index is 1.52. The fourth-order valence-electron chi connectivity index (χ4n) is 2.55. The lowest BCUT2D eigenvalue weighted by atomic mass is 10.1. The smallest absolute Gasteiger partial charge is 0.416 e. The lowest BCUT2D eigenvalue weighted by molar-refractivity contribution is -0.120. The standard InChI is InChI=1S/C16H17BrN4O3/c1-20-15(6-7-19-20)21-10-12(24-16(21)23)9-18-14(22)8-11-4-2-3-5-13(11)17/h2-7,12H,8-10H2,1H3,(H,18,22). The van der Waals surface area contributed by atoms with Crippen molar-refractivity contribution in [2.24, 2.45) is 7.05 Å². The largest absolute Gasteiger partial charge is 0.442 e. The maximum atomic E-state index is 12.1. The van der Waals surface area contributed by atoms with Gasteiger partial charge in [-0.3, -0.25) is 14.4 Å². The topological polar surface area (TPSA) is 76.5 Å². The van der Waals surface area contributed by atoms with Crippen LogP contribution in [0.5, 0.6) is 0 Å². The second kappa shape index (κ2) is 7.04. The van der Waals surface area contributed by atoms with Crippen molar-refractivity contribution in [1.29, 1.82) is 0 Å². The predicted molar refractivity (Wildman–Crippen MR) is 91.7 cm³/mol. The van der Waals surface area contributed by atoms with E-state index in [0.29, 0.717) is 12.4 Å². The van der Waals surface area contributed by atoms with Crippen molar-refractivity contribution in [2.45, 2.75) is 12.5 Å². The molecule has 126 valence electrons. The van der Waals surface area contributed by atoms with Gasteiger partial charge in [0.2, 0.25) is 5.91 Å². The number of aromatic nitrogens is 2. The van der Waals surface area contributed by atoms with Gasteiger partial charge in [-0.2, -0.15) is 5.10 Å². The number of carbonyl (C=O) groups is 2. The van der Waals surface area contributed by atoms with Crippen LogP contribution in [0.3, 0.4) is 0 Å². The number of cyclic esters (lactones) is 1. The molecule has 1 N–H and O–H groups in total. The van der Waals surface area contributed by atoms with Crippen LogP contribution in [0.25, 0.3) is 0 Å². The molecule has 0 radical (unpaired) electrons. The molecule has 8 heteroatoms. The van der Waals surface area contributed by atoms with Gasteiger partial charge in [-0.15, -0.1) is 0 Å². The summed E-state index contributed by atoms with van der Waals surface area (Å²) >= 11 is 3.42. The van der Waals surface area contributed by atoms with Gasteiger partial charge in [0.1, 0.15) is 11.9 Å². The summed E-state index contributed by atoms with van der Waals surface area (Å²) in [7, 11) is 1.76. The quantitative estimate of drug-likeness (QED) is 0.842. The summed E-state index contributed by atoms with van der Waals surface area (Å²) in [5.41, 5.74) is 0.912. The molecule has 1 saturated heterocycles. The number of benzene rings is 1. The fourth-order valence-corrected chi connectivity index (χ4v) is 2.98. The van der Waals surface area contributed by atoms with Gasteiger partial charge in [-0.1, -0.05) is 34.1 Å². The molecule has 2 heterocycles. The highest BCUT2D eigenvalue weighted by Gasteiger charge is 2.33. The molecule has 1 aliphatic rings. The van der Waals surface area contributed by atoms with Gasteiger partial charge >= 0.3 is 6.09 Å². The van der Waals surface area contributed by atoms with E-state index in [-0.39, 0.29) is 25.0 Å². The van der Waals surface area contributed by atoms with E-state index in [1.165, 1.54) is 4.90 Å². The predicted octanol–water partition coefficient (Wildman–Crippen LogP) is 1.87. The highest BCUT2D eigenvalue weighted by molar-refractivity contribution is 9.10. The summed E-state index contributed by atoms with van der Waals surface area (Å²) < 4.78 is 7.80. The summed E-state index contributed by atoms with van der Waals surface area (Å²) in [6.45, 7) is 0.664. The molecule has 1 unspecified atom stereocenters. The third-order valence-corrected chi connectivity index (χ3v) is 4.56. The van der Waals surface area contributed by atoms with E-state index in [1.807, 2.05) is 24.3 Å². The highest BCUT2D eigenvalue weighted by Crippen LogP contribution is 2.20. The number of aryl methyl sites for hydroxylation is 1. The first-order valence-corrected chi connectivity index (χ1v) is 8.30. The van der Waals surface area contributed by atoms with Crippen molar-refractivity contribution in [1.82, 2.24) is 15.1 Å². The van der Waals surface area contributed by atoms with Crippen LogP contribution in [-0.2, 0) is 23.0 Å². The van der Waals surface area contributed by atoms with Crippen LogP contribution in [-0.4, -0.2) is 41.0 Å². The summed E-state index contributed by atoms with van der Waals surface area (Å²) in [6.07, 6.45) is 1.09. The molecule has 7 nitrogen and oxygen atoms in total. The van der Waals surface area contributed by atoms with Crippen LogP contribution in [0.15, 0.2) is 41.0 Å². The Morgan fingerprint density at radius 1 is 1.42 bits per heavy atom. The molecule has 2 amide bonds. The van der Waals surface area contributed by atoms with E-state index in [0.717, 1.165) is 10.0 Å². The van der Waals surface area contributed by atoms with Crippen molar-refractivity contribution in [3.8, 4) is 0 Å². The zero-order chi connectivity index (χ0) is 17.1. The van der Waals surface area contributed by atoms with Crippen molar-refractivity contribution in [3.63, 3.8) is 0 Å². The monoisotopic (exact) mass is 392 g/mol. The first-order chi connectivity index (χ1) is 11.5.